The minimum atomic E-state index is -3.20. The van der Waals surface area contributed by atoms with Gasteiger partial charge in [-0.05, 0) is 12.1 Å². The lowest BCUT2D eigenvalue weighted by molar-refractivity contribution is -0.0372. The van der Waals surface area contributed by atoms with Gasteiger partial charge in [0, 0.05) is 26.0 Å². The van der Waals surface area contributed by atoms with Gasteiger partial charge in [-0.2, -0.15) is 0 Å². The van der Waals surface area contributed by atoms with E-state index in [1.165, 1.54) is 23.2 Å². The molecule has 0 aliphatic heterocycles. The number of halogens is 2. The zero-order valence-corrected chi connectivity index (χ0v) is 10.2. The van der Waals surface area contributed by atoms with Gasteiger partial charge >= 0.3 is 0 Å². The molecule has 0 spiro atoms. The number of carbonyl (C=O) groups excluding carboxylic acids is 1. The molecule has 5 nitrogen and oxygen atoms in total. The second-order valence-electron chi connectivity index (χ2n) is 4.00. The fourth-order valence-electron chi connectivity index (χ4n) is 1.17. The van der Waals surface area contributed by atoms with E-state index in [1.54, 1.807) is 14.1 Å². The quantitative estimate of drug-likeness (QED) is 0.821. The first-order valence-electron chi connectivity index (χ1n) is 5.26. The topological polar surface area (TPSA) is 65.5 Å². The van der Waals surface area contributed by atoms with Crippen molar-refractivity contribution in [3.05, 3.63) is 24.0 Å². The van der Waals surface area contributed by atoms with Crippen molar-refractivity contribution < 1.29 is 18.7 Å². The Labute approximate surface area is 103 Å². The van der Waals surface area contributed by atoms with Gasteiger partial charge in [0.2, 0.25) is 0 Å². The predicted octanol–water partition coefficient (Wildman–Crippen LogP) is 0.823. The predicted molar refractivity (Wildman–Crippen MR) is 62.8 cm³/mol. The molecule has 1 heterocycles. The maximum Gasteiger partial charge on any atom is 0.287 e. The summed E-state index contributed by atoms with van der Waals surface area (Å²) in [6.07, 6.45) is 1.36. The second-order valence-corrected chi connectivity index (χ2v) is 4.00. The molecule has 0 radical (unpaired) electrons. The Morgan fingerprint density at radius 2 is 2.22 bits per heavy atom. The summed E-state index contributed by atoms with van der Waals surface area (Å²) in [6, 6.07) is 2.86. The highest BCUT2D eigenvalue weighted by molar-refractivity contribution is 5.92. The third kappa shape index (κ3) is 3.92. The summed E-state index contributed by atoms with van der Waals surface area (Å²) >= 11 is 0. The van der Waals surface area contributed by atoms with Crippen LogP contribution in [0.25, 0.3) is 0 Å². The number of aliphatic hydroxyl groups excluding tert-OH is 1. The van der Waals surface area contributed by atoms with Crippen molar-refractivity contribution in [2.45, 2.75) is 5.92 Å². The standard InChI is InChI=1S/C11H15F2N3O2/c1-16(2)10(18)9-5-8(3-4-14-9)15-6-11(12,13)7-17/h3-5,17H,6-7H2,1-2H3,(H,14,15). The Hall–Kier alpha value is -1.76. The Morgan fingerprint density at radius 1 is 1.56 bits per heavy atom. The number of pyridine rings is 1. The van der Waals surface area contributed by atoms with Crippen molar-refractivity contribution >= 4 is 11.6 Å². The molecule has 0 aliphatic carbocycles. The molecule has 1 rings (SSSR count). The second kappa shape index (κ2) is 5.72. The van der Waals surface area contributed by atoms with E-state index in [9.17, 15) is 13.6 Å². The average Bonchev–Trinajstić information content (AvgIpc) is 2.36. The van der Waals surface area contributed by atoms with Crippen LogP contribution in [0.15, 0.2) is 18.3 Å². The smallest absolute Gasteiger partial charge is 0.287 e. The molecule has 0 saturated heterocycles. The van der Waals surface area contributed by atoms with E-state index in [-0.39, 0.29) is 11.6 Å². The van der Waals surface area contributed by atoms with Gasteiger partial charge < -0.3 is 15.3 Å². The van der Waals surface area contributed by atoms with Gasteiger partial charge in [-0.25, -0.2) is 8.78 Å². The van der Waals surface area contributed by atoms with Gasteiger partial charge in [-0.15, -0.1) is 0 Å². The molecule has 18 heavy (non-hydrogen) atoms. The first-order chi connectivity index (χ1) is 8.35. The molecular formula is C11H15F2N3O2. The average molecular weight is 259 g/mol. The van der Waals surface area contributed by atoms with Crippen LogP contribution in [0.1, 0.15) is 10.5 Å². The normalized spacial score (nSPS) is 11.2. The summed E-state index contributed by atoms with van der Waals surface area (Å²) in [5, 5.41) is 10.9. The molecule has 0 unspecified atom stereocenters. The van der Waals surface area contributed by atoms with Gasteiger partial charge in [0.1, 0.15) is 12.3 Å². The van der Waals surface area contributed by atoms with Crippen molar-refractivity contribution in [2.75, 3.05) is 32.6 Å². The van der Waals surface area contributed by atoms with Crippen molar-refractivity contribution in [3.63, 3.8) is 0 Å². The lowest BCUT2D eigenvalue weighted by Crippen LogP contribution is -2.31. The number of carbonyl (C=O) groups is 1. The highest BCUT2D eigenvalue weighted by Crippen LogP contribution is 2.15. The van der Waals surface area contributed by atoms with Crippen LogP contribution in [0.4, 0.5) is 14.5 Å². The molecule has 0 aliphatic rings. The van der Waals surface area contributed by atoms with E-state index in [4.69, 9.17) is 5.11 Å². The number of aromatic nitrogens is 1. The number of nitrogens with zero attached hydrogens (tertiary/aromatic N) is 2. The fraction of sp³-hybridized carbons (Fsp3) is 0.455. The number of amides is 1. The van der Waals surface area contributed by atoms with Crippen LogP contribution in [0, 0.1) is 0 Å². The maximum absolute atomic E-state index is 12.8. The first-order valence-corrected chi connectivity index (χ1v) is 5.26. The summed E-state index contributed by atoms with van der Waals surface area (Å²) in [6.45, 7) is -1.93. The molecule has 0 aromatic carbocycles. The van der Waals surface area contributed by atoms with Gasteiger partial charge in [-0.3, -0.25) is 9.78 Å². The van der Waals surface area contributed by atoms with Crippen LogP contribution >= 0.6 is 0 Å². The van der Waals surface area contributed by atoms with Gasteiger partial charge in [0.05, 0.1) is 6.54 Å². The molecule has 0 bridgehead atoms. The third-order valence-electron chi connectivity index (χ3n) is 2.17. The van der Waals surface area contributed by atoms with E-state index in [1.807, 2.05) is 0 Å². The van der Waals surface area contributed by atoms with Crippen LogP contribution in [-0.4, -0.2) is 54.1 Å². The van der Waals surface area contributed by atoms with E-state index < -0.39 is 19.1 Å². The molecule has 0 fully saturated rings. The number of alkyl halides is 2. The number of aliphatic hydroxyl groups is 1. The number of rotatable bonds is 5. The van der Waals surface area contributed by atoms with Gasteiger partial charge in [-0.1, -0.05) is 0 Å². The summed E-state index contributed by atoms with van der Waals surface area (Å²) < 4.78 is 25.6. The Bertz CT molecular complexity index is 425. The highest BCUT2D eigenvalue weighted by Gasteiger charge is 2.27. The molecule has 1 aromatic rings. The number of anilines is 1. The van der Waals surface area contributed by atoms with Crippen LogP contribution in [0.3, 0.4) is 0 Å². The largest absolute Gasteiger partial charge is 0.390 e. The van der Waals surface area contributed by atoms with Gasteiger partial charge in [0.25, 0.3) is 11.8 Å². The maximum atomic E-state index is 12.8. The Kier molecular flexibility index (Phi) is 4.55. The summed E-state index contributed by atoms with van der Waals surface area (Å²) in [7, 11) is 3.15. The molecule has 1 amide bonds. The molecule has 2 N–H and O–H groups in total. The molecule has 0 atom stereocenters. The SMILES string of the molecule is CN(C)C(=O)c1cc(NCC(F)(F)CO)ccn1. The Morgan fingerprint density at radius 3 is 2.78 bits per heavy atom. The van der Waals surface area contributed by atoms with Crippen LogP contribution < -0.4 is 5.32 Å². The first kappa shape index (κ1) is 14.3. The molecule has 0 saturated carbocycles. The molecule has 100 valence electrons. The van der Waals surface area contributed by atoms with Gasteiger partial charge in [0.15, 0.2) is 0 Å². The number of hydrogen-bond donors (Lipinski definition) is 2. The third-order valence-corrected chi connectivity index (χ3v) is 2.17. The van der Waals surface area contributed by atoms with Crippen LogP contribution in [0.2, 0.25) is 0 Å². The van der Waals surface area contributed by atoms with Crippen molar-refractivity contribution in [1.82, 2.24) is 9.88 Å². The molecular weight excluding hydrogens is 244 g/mol. The van der Waals surface area contributed by atoms with Crippen molar-refractivity contribution in [2.24, 2.45) is 0 Å². The zero-order valence-electron chi connectivity index (χ0n) is 10.2. The zero-order chi connectivity index (χ0) is 13.8. The summed E-state index contributed by atoms with van der Waals surface area (Å²) in [5.41, 5.74) is 0.514. The molecule has 1 aromatic heterocycles. The van der Waals surface area contributed by atoms with Crippen LogP contribution in [-0.2, 0) is 0 Å². The van der Waals surface area contributed by atoms with Crippen molar-refractivity contribution in [1.29, 1.82) is 0 Å². The summed E-state index contributed by atoms with van der Waals surface area (Å²) in [4.78, 5) is 16.8. The number of hydrogen-bond acceptors (Lipinski definition) is 4. The van der Waals surface area contributed by atoms with E-state index in [0.29, 0.717) is 5.69 Å². The van der Waals surface area contributed by atoms with E-state index >= 15 is 0 Å². The fourth-order valence-corrected chi connectivity index (χ4v) is 1.17. The Balaban J connectivity index is 2.74. The highest BCUT2D eigenvalue weighted by atomic mass is 19.3. The minimum Gasteiger partial charge on any atom is -0.390 e. The molecule has 7 heteroatoms. The van der Waals surface area contributed by atoms with Crippen molar-refractivity contribution in [3.8, 4) is 0 Å². The number of nitrogens with one attached hydrogen (secondary N) is 1. The van der Waals surface area contributed by atoms with Crippen LogP contribution in [0.5, 0.6) is 0 Å². The lowest BCUT2D eigenvalue weighted by Gasteiger charge is -2.15. The van der Waals surface area contributed by atoms with E-state index in [0.717, 1.165) is 0 Å². The summed E-state index contributed by atoms with van der Waals surface area (Å²) in [5.74, 6) is -3.51. The minimum absolute atomic E-state index is 0.164. The van der Waals surface area contributed by atoms with E-state index in [2.05, 4.69) is 10.3 Å². The lowest BCUT2D eigenvalue weighted by atomic mass is 10.2. The monoisotopic (exact) mass is 259 g/mol.